The van der Waals surface area contributed by atoms with Crippen molar-refractivity contribution in [1.82, 2.24) is 4.98 Å². The van der Waals surface area contributed by atoms with Crippen LogP contribution >= 0.6 is 0 Å². The highest BCUT2D eigenvalue weighted by molar-refractivity contribution is 6.11. The van der Waals surface area contributed by atoms with E-state index >= 15 is 0 Å². The van der Waals surface area contributed by atoms with E-state index in [1.165, 1.54) is 33.4 Å². The third kappa shape index (κ3) is 5.16. The van der Waals surface area contributed by atoms with Gasteiger partial charge in [-0.15, -0.1) is 0 Å². The number of anilines is 3. The highest BCUT2D eigenvalue weighted by atomic mass is 16.3. The summed E-state index contributed by atoms with van der Waals surface area (Å²) in [6.07, 6.45) is 0. The fourth-order valence-electron chi connectivity index (χ4n) is 8.22. The summed E-state index contributed by atoms with van der Waals surface area (Å²) < 4.78 is 6.41. The van der Waals surface area contributed by atoms with Crippen molar-refractivity contribution in [2.45, 2.75) is 19.3 Å². The van der Waals surface area contributed by atoms with E-state index in [0.717, 1.165) is 55.6 Å². The molecule has 10 rings (SSSR count). The number of aromatic nitrogens is 1. The fourth-order valence-corrected chi connectivity index (χ4v) is 8.22. The minimum absolute atomic E-state index is 0.107. The maximum atomic E-state index is 6.41. The lowest BCUT2D eigenvalue weighted by Crippen LogP contribution is -2.16. The lowest BCUT2D eigenvalue weighted by atomic mass is 9.82. The molecular weight excluding hydrogens is 645 g/mol. The average molecular weight is 681 g/mol. The summed E-state index contributed by atoms with van der Waals surface area (Å²) in [4.78, 5) is 7.34. The van der Waals surface area contributed by atoms with Crippen LogP contribution in [0.5, 0.6) is 0 Å². The topological polar surface area (TPSA) is 29.3 Å². The number of rotatable bonds is 6. The highest BCUT2D eigenvalue weighted by Gasteiger charge is 2.35. The van der Waals surface area contributed by atoms with Crippen LogP contribution in [0.15, 0.2) is 186 Å². The summed E-state index contributed by atoms with van der Waals surface area (Å²) in [5.74, 6) is 0.632. The molecule has 0 amide bonds. The van der Waals surface area contributed by atoms with Gasteiger partial charge in [0.1, 0.15) is 5.52 Å². The van der Waals surface area contributed by atoms with Crippen LogP contribution < -0.4 is 4.90 Å². The van der Waals surface area contributed by atoms with Crippen LogP contribution in [-0.4, -0.2) is 4.98 Å². The summed E-state index contributed by atoms with van der Waals surface area (Å²) in [6, 6.07) is 65.0. The molecule has 0 spiro atoms. The summed E-state index contributed by atoms with van der Waals surface area (Å²) in [7, 11) is 0. The van der Waals surface area contributed by atoms with Crippen molar-refractivity contribution in [2.75, 3.05) is 4.90 Å². The molecule has 252 valence electrons. The highest BCUT2D eigenvalue weighted by Crippen LogP contribution is 2.51. The Morgan fingerprint density at radius 1 is 0.434 bits per heavy atom. The van der Waals surface area contributed by atoms with Crippen molar-refractivity contribution in [3.63, 3.8) is 0 Å². The van der Waals surface area contributed by atoms with Crippen LogP contribution in [0.3, 0.4) is 0 Å². The molecule has 9 aromatic rings. The van der Waals surface area contributed by atoms with Gasteiger partial charge in [-0.2, -0.15) is 0 Å². The molecule has 8 aromatic carbocycles. The molecule has 1 aromatic heterocycles. The normalized spacial score (nSPS) is 12.9. The molecule has 0 atom stereocenters. The lowest BCUT2D eigenvalue weighted by Gasteiger charge is -2.28. The molecule has 0 aliphatic heterocycles. The molecule has 1 aliphatic carbocycles. The molecule has 0 radical (unpaired) electrons. The van der Waals surface area contributed by atoms with Crippen molar-refractivity contribution in [2.24, 2.45) is 0 Å². The minimum Gasteiger partial charge on any atom is -0.436 e. The summed E-state index contributed by atoms with van der Waals surface area (Å²) in [6.45, 7) is 4.68. The monoisotopic (exact) mass is 680 g/mol. The van der Waals surface area contributed by atoms with E-state index in [0.29, 0.717) is 5.89 Å². The van der Waals surface area contributed by atoms with E-state index in [1.54, 1.807) is 0 Å². The smallest absolute Gasteiger partial charge is 0.227 e. The maximum absolute atomic E-state index is 6.41. The first kappa shape index (κ1) is 31.1. The largest absolute Gasteiger partial charge is 0.436 e. The Labute approximate surface area is 309 Å². The number of benzene rings is 8. The molecule has 0 saturated carbocycles. The lowest BCUT2D eigenvalue weighted by molar-refractivity contribution is 0.620. The first-order chi connectivity index (χ1) is 26.0. The predicted octanol–water partition coefficient (Wildman–Crippen LogP) is 13.8. The summed E-state index contributed by atoms with van der Waals surface area (Å²) in [5.41, 5.74) is 15.8. The second-order valence-corrected chi connectivity index (χ2v) is 14.4. The molecule has 0 bridgehead atoms. The Kier molecular flexibility index (Phi) is 7.16. The van der Waals surface area contributed by atoms with E-state index in [2.05, 4.69) is 170 Å². The van der Waals surface area contributed by atoms with Crippen molar-refractivity contribution in [3.8, 4) is 44.8 Å². The zero-order chi connectivity index (χ0) is 35.5. The maximum Gasteiger partial charge on any atom is 0.227 e. The molecule has 1 heterocycles. The van der Waals surface area contributed by atoms with Crippen LogP contribution in [-0.2, 0) is 5.41 Å². The Balaban J connectivity index is 1.11. The Bertz CT molecular complexity index is 2800. The number of fused-ring (bicyclic) bond motifs is 6. The van der Waals surface area contributed by atoms with Gasteiger partial charge >= 0.3 is 0 Å². The van der Waals surface area contributed by atoms with Gasteiger partial charge in [0.05, 0.1) is 0 Å². The van der Waals surface area contributed by atoms with Crippen molar-refractivity contribution in [1.29, 1.82) is 0 Å². The zero-order valence-electron chi connectivity index (χ0n) is 29.6. The van der Waals surface area contributed by atoms with Crippen molar-refractivity contribution in [3.05, 3.63) is 193 Å². The Morgan fingerprint density at radius 2 is 1.06 bits per heavy atom. The van der Waals surface area contributed by atoms with Crippen LogP contribution in [0.2, 0.25) is 0 Å². The molecule has 0 unspecified atom stereocenters. The molecule has 0 fully saturated rings. The molecule has 3 heteroatoms. The number of hydrogen-bond donors (Lipinski definition) is 0. The van der Waals surface area contributed by atoms with Gasteiger partial charge in [0.15, 0.2) is 5.58 Å². The first-order valence-corrected chi connectivity index (χ1v) is 18.2. The minimum atomic E-state index is -0.107. The van der Waals surface area contributed by atoms with E-state index in [9.17, 15) is 0 Å². The van der Waals surface area contributed by atoms with E-state index in [-0.39, 0.29) is 5.41 Å². The van der Waals surface area contributed by atoms with Crippen molar-refractivity contribution < 1.29 is 4.42 Å². The third-order valence-electron chi connectivity index (χ3n) is 10.9. The molecule has 53 heavy (non-hydrogen) atoms. The summed E-state index contributed by atoms with van der Waals surface area (Å²) in [5, 5.41) is 2.23. The van der Waals surface area contributed by atoms with Gasteiger partial charge in [0.2, 0.25) is 5.89 Å². The Morgan fingerprint density at radius 3 is 1.85 bits per heavy atom. The third-order valence-corrected chi connectivity index (χ3v) is 10.9. The van der Waals surface area contributed by atoms with Crippen LogP contribution in [0.4, 0.5) is 17.1 Å². The predicted molar refractivity (Wildman–Crippen MR) is 220 cm³/mol. The standard InChI is InChI=1S/C50H36N2O/c1-50(2)45-23-12-11-21-41(45)42-29-28-39(31-46(42)50)52(38-19-13-18-36(30-38)33-14-5-3-6-15-33)37-26-24-34(25-27-37)44-32-47-48(43-22-10-9-20-40(43)44)51-49(53-47)35-16-7-4-8-17-35/h3-32H,1-2H3. The number of hydrogen-bond acceptors (Lipinski definition) is 3. The molecule has 0 N–H and O–H groups in total. The number of nitrogens with zero attached hydrogens (tertiary/aromatic N) is 2. The van der Waals surface area contributed by atoms with E-state index in [4.69, 9.17) is 9.40 Å². The van der Waals surface area contributed by atoms with Crippen molar-refractivity contribution >= 4 is 38.9 Å². The summed E-state index contributed by atoms with van der Waals surface area (Å²) >= 11 is 0. The van der Waals surface area contributed by atoms with Gasteiger partial charge in [-0.3, -0.25) is 0 Å². The number of oxazole rings is 1. The molecule has 3 nitrogen and oxygen atoms in total. The van der Waals surface area contributed by atoms with Gasteiger partial charge < -0.3 is 9.32 Å². The molecular formula is C50H36N2O. The van der Waals surface area contributed by atoms with Gasteiger partial charge in [0.25, 0.3) is 0 Å². The van der Waals surface area contributed by atoms with Crippen LogP contribution in [0.1, 0.15) is 25.0 Å². The molecule has 1 aliphatic rings. The molecule has 0 saturated heterocycles. The first-order valence-electron chi connectivity index (χ1n) is 18.2. The SMILES string of the molecule is CC1(C)c2ccccc2-c2ccc(N(c3ccc(-c4cc5oc(-c6ccccc6)nc5c5ccccc45)cc3)c3cccc(-c4ccccc4)c3)cc21. The second-order valence-electron chi connectivity index (χ2n) is 14.4. The van der Waals surface area contributed by atoms with E-state index < -0.39 is 0 Å². The van der Waals surface area contributed by atoms with Gasteiger partial charge in [-0.1, -0.05) is 141 Å². The second kappa shape index (κ2) is 12.2. The van der Waals surface area contributed by atoms with Gasteiger partial charge in [0, 0.05) is 33.4 Å². The van der Waals surface area contributed by atoms with E-state index in [1.807, 2.05) is 30.3 Å². The van der Waals surface area contributed by atoms with Gasteiger partial charge in [-0.05, 0) is 104 Å². The Hall–Kier alpha value is -6.71. The quantitative estimate of drug-likeness (QED) is 0.175. The van der Waals surface area contributed by atoms with Crippen LogP contribution in [0, 0.1) is 0 Å². The average Bonchev–Trinajstić information content (AvgIpc) is 3.75. The zero-order valence-corrected chi connectivity index (χ0v) is 29.6. The van der Waals surface area contributed by atoms with Crippen LogP contribution in [0.25, 0.3) is 66.7 Å². The fraction of sp³-hybridized carbons (Fsp3) is 0.0600. The van der Waals surface area contributed by atoms with Gasteiger partial charge in [-0.25, -0.2) is 4.98 Å².